The van der Waals surface area contributed by atoms with Crippen LogP contribution in [-0.4, -0.2) is 9.97 Å². The maximum Gasteiger partial charge on any atom is 0.264 e. The third-order valence-corrected chi connectivity index (χ3v) is 4.80. The Labute approximate surface area is 112 Å². The first-order valence-electron chi connectivity index (χ1n) is 4.09. The van der Waals surface area contributed by atoms with Gasteiger partial charge in [0, 0.05) is 9.85 Å². The van der Waals surface area contributed by atoms with E-state index in [2.05, 4.69) is 25.9 Å². The van der Waals surface area contributed by atoms with E-state index in [-0.39, 0.29) is 5.56 Å². The van der Waals surface area contributed by atoms with Crippen molar-refractivity contribution in [3.63, 3.8) is 0 Å². The number of nitrogens with one attached hydrogen (secondary N) is 1. The molecule has 15 heavy (non-hydrogen) atoms. The van der Waals surface area contributed by atoms with Gasteiger partial charge >= 0.3 is 0 Å². The zero-order valence-electron chi connectivity index (χ0n) is 7.67. The van der Waals surface area contributed by atoms with Crippen molar-refractivity contribution in [3.8, 4) is 10.7 Å². The summed E-state index contributed by atoms with van der Waals surface area (Å²) >= 11 is 6.91. The molecule has 0 amide bonds. The molecule has 0 spiro atoms. The second-order valence-electron chi connectivity index (χ2n) is 2.94. The summed E-state index contributed by atoms with van der Waals surface area (Å²) in [6.07, 6.45) is 0. The minimum Gasteiger partial charge on any atom is -0.305 e. The number of aromatic nitrogens is 2. The summed E-state index contributed by atoms with van der Waals surface area (Å²) in [7, 11) is 0. The molecule has 0 aliphatic rings. The summed E-state index contributed by atoms with van der Waals surface area (Å²) in [5, 5.41) is 1.96. The summed E-state index contributed by atoms with van der Waals surface area (Å²) in [5.41, 5.74) is 0.682. The molecule has 2 aromatic heterocycles. The molecule has 78 valence electrons. The monoisotopic (exact) mass is 396 g/mol. The van der Waals surface area contributed by atoms with E-state index >= 15 is 0 Å². The van der Waals surface area contributed by atoms with Crippen LogP contribution in [0.1, 0.15) is 5.69 Å². The molecule has 0 bridgehead atoms. The molecule has 1 N–H and O–H groups in total. The lowest BCUT2D eigenvalue weighted by Gasteiger charge is -2.00. The Balaban J connectivity index is 2.60. The highest BCUT2D eigenvalue weighted by Gasteiger charge is 2.08. The van der Waals surface area contributed by atoms with Gasteiger partial charge in [-0.2, -0.15) is 0 Å². The fraction of sp³-hybridized carbons (Fsp3) is 0.111. The van der Waals surface area contributed by atoms with Gasteiger partial charge in [-0.1, -0.05) is 0 Å². The third kappa shape index (κ3) is 2.31. The Bertz CT molecular complexity index is 563. The smallest absolute Gasteiger partial charge is 0.264 e. The zero-order chi connectivity index (χ0) is 11.0. The van der Waals surface area contributed by atoms with Crippen LogP contribution in [0.15, 0.2) is 20.7 Å². The van der Waals surface area contributed by atoms with Crippen molar-refractivity contribution in [2.45, 2.75) is 6.92 Å². The van der Waals surface area contributed by atoms with Crippen molar-refractivity contribution in [1.29, 1.82) is 0 Å². The third-order valence-electron chi connectivity index (χ3n) is 1.83. The fourth-order valence-corrected chi connectivity index (χ4v) is 2.75. The first kappa shape index (κ1) is 11.3. The molecule has 6 heteroatoms. The van der Waals surface area contributed by atoms with Gasteiger partial charge in [0.05, 0.1) is 14.1 Å². The molecule has 2 aromatic rings. The van der Waals surface area contributed by atoms with Gasteiger partial charge in [0.2, 0.25) is 0 Å². The zero-order valence-corrected chi connectivity index (χ0v) is 12.2. The summed E-state index contributed by atoms with van der Waals surface area (Å²) < 4.78 is 1.65. The molecule has 2 rings (SSSR count). The highest BCUT2D eigenvalue weighted by Crippen LogP contribution is 2.27. The Kier molecular flexibility index (Phi) is 3.27. The number of hydrogen-bond donors (Lipinski definition) is 1. The van der Waals surface area contributed by atoms with Crippen LogP contribution in [0.3, 0.4) is 0 Å². The Morgan fingerprint density at radius 2 is 2.33 bits per heavy atom. The molecule has 0 unspecified atom stereocenters. The topological polar surface area (TPSA) is 45.8 Å². The van der Waals surface area contributed by atoms with E-state index in [0.717, 1.165) is 15.0 Å². The van der Waals surface area contributed by atoms with Crippen LogP contribution in [-0.2, 0) is 0 Å². The van der Waals surface area contributed by atoms with E-state index in [1.807, 2.05) is 41.0 Å². The second-order valence-corrected chi connectivity index (χ2v) is 5.85. The highest BCUT2D eigenvalue weighted by molar-refractivity contribution is 14.1. The number of aryl methyl sites for hydroxylation is 1. The first-order valence-corrected chi connectivity index (χ1v) is 6.84. The van der Waals surface area contributed by atoms with Crippen LogP contribution in [0.2, 0.25) is 0 Å². The Morgan fingerprint density at radius 3 is 2.87 bits per heavy atom. The van der Waals surface area contributed by atoms with Crippen LogP contribution in [0.25, 0.3) is 10.7 Å². The van der Waals surface area contributed by atoms with Gasteiger partial charge in [-0.05, 0) is 51.5 Å². The van der Waals surface area contributed by atoms with Crippen molar-refractivity contribution < 1.29 is 0 Å². The molecule has 0 saturated carbocycles. The van der Waals surface area contributed by atoms with Crippen molar-refractivity contribution in [2.75, 3.05) is 0 Å². The van der Waals surface area contributed by atoms with Gasteiger partial charge in [0.1, 0.15) is 0 Å². The molecule has 0 atom stereocenters. The van der Waals surface area contributed by atoms with E-state index < -0.39 is 0 Å². The van der Waals surface area contributed by atoms with Gasteiger partial charge in [0.15, 0.2) is 5.82 Å². The lowest BCUT2D eigenvalue weighted by atomic mass is 10.4. The standard InChI is InChI=1S/C9H6BrIN2OS/c1-4-7(11)9(14)13-8(12-4)6-2-5(10)3-15-6/h2-3H,1H3,(H,12,13,14). The SMILES string of the molecule is Cc1nc(-c2cc(Br)cs2)[nH]c(=O)c1I. The highest BCUT2D eigenvalue weighted by atomic mass is 127. The lowest BCUT2D eigenvalue weighted by Crippen LogP contribution is -2.14. The first-order chi connectivity index (χ1) is 7.08. The maximum atomic E-state index is 11.5. The molecular weight excluding hydrogens is 391 g/mol. The normalized spacial score (nSPS) is 10.6. The van der Waals surface area contributed by atoms with Crippen LogP contribution in [0.5, 0.6) is 0 Å². The second kappa shape index (κ2) is 4.34. The average molecular weight is 397 g/mol. The van der Waals surface area contributed by atoms with E-state index in [9.17, 15) is 4.79 Å². The average Bonchev–Trinajstić information content (AvgIpc) is 2.60. The molecule has 0 aromatic carbocycles. The summed E-state index contributed by atoms with van der Waals surface area (Å²) in [6, 6.07) is 1.94. The minimum atomic E-state index is -0.0809. The van der Waals surface area contributed by atoms with Crippen molar-refractivity contribution in [1.82, 2.24) is 9.97 Å². The Morgan fingerprint density at radius 1 is 1.60 bits per heavy atom. The van der Waals surface area contributed by atoms with Crippen molar-refractivity contribution >= 4 is 49.9 Å². The molecule has 0 radical (unpaired) electrons. The van der Waals surface area contributed by atoms with Gasteiger partial charge < -0.3 is 4.98 Å². The van der Waals surface area contributed by atoms with E-state index in [1.165, 1.54) is 0 Å². The largest absolute Gasteiger partial charge is 0.305 e. The number of thiophene rings is 1. The van der Waals surface area contributed by atoms with Gasteiger partial charge in [-0.15, -0.1) is 11.3 Å². The number of aromatic amines is 1. The van der Waals surface area contributed by atoms with Gasteiger partial charge in [-0.3, -0.25) is 4.79 Å². The number of H-pyrrole nitrogens is 1. The van der Waals surface area contributed by atoms with Gasteiger partial charge in [-0.25, -0.2) is 4.98 Å². The van der Waals surface area contributed by atoms with E-state index in [1.54, 1.807) is 11.3 Å². The van der Waals surface area contributed by atoms with Crippen LogP contribution < -0.4 is 5.56 Å². The van der Waals surface area contributed by atoms with Crippen LogP contribution >= 0.6 is 49.9 Å². The quantitative estimate of drug-likeness (QED) is 0.752. The van der Waals surface area contributed by atoms with E-state index in [4.69, 9.17) is 0 Å². The molecule has 2 heterocycles. The predicted molar refractivity (Wildman–Crippen MR) is 73.3 cm³/mol. The summed E-state index contributed by atoms with van der Waals surface area (Å²) in [4.78, 5) is 19.6. The maximum absolute atomic E-state index is 11.5. The molecule has 0 saturated heterocycles. The molecule has 0 aliphatic carbocycles. The molecular formula is C9H6BrIN2OS. The van der Waals surface area contributed by atoms with Crippen LogP contribution in [0.4, 0.5) is 0 Å². The number of hydrogen-bond acceptors (Lipinski definition) is 3. The fourth-order valence-electron chi connectivity index (χ4n) is 1.13. The molecule has 0 aliphatic heterocycles. The molecule has 0 fully saturated rings. The summed E-state index contributed by atoms with van der Waals surface area (Å²) in [5.74, 6) is 0.633. The minimum absolute atomic E-state index is 0.0809. The van der Waals surface area contributed by atoms with E-state index in [0.29, 0.717) is 9.39 Å². The van der Waals surface area contributed by atoms with Crippen molar-refractivity contribution in [3.05, 3.63) is 35.5 Å². The predicted octanol–water partition coefficient (Wildman–Crippen LogP) is 3.17. The Hall–Kier alpha value is -0.210. The lowest BCUT2D eigenvalue weighted by molar-refractivity contribution is 1.06. The van der Waals surface area contributed by atoms with Gasteiger partial charge in [0.25, 0.3) is 5.56 Å². The molecule has 3 nitrogen and oxygen atoms in total. The number of nitrogens with zero attached hydrogens (tertiary/aromatic N) is 1. The number of halogens is 2. The van der Waals surface area contributed by atoms with Crippen LogP contribution in [0, 0.1) is 10.5 Å². The number of rotatable bonds is 1. The van der Waals surface area contributed by atoms with Crippen molar-refractivity contribution in [2.24, 2.45) is 0 Å². The summed E-state index contributed by atoms with van der Waals surface area (Å²) in [6.45, 7) is 1.84.